The Balaban J connectivity index is 1.62. The highest BCUT2D eigenvalue weighted by Crippen LogP contribution is 2.35. The summed E-state index contributed by atoms with van der Waals surface area (Å²) in [5.74, 6) is -0.260. The second-order valence-electron chi connectivity index (χ2n) is 6.59. The molecule has 1 N–H and O–H groups in total. The first-order valence-corrected chi connectivity index (χ1v) is 8.47. The Hall–Kier alpha value is -3.22. The quantitative estimate of drug-likeness (QED) is 0.577. The fourth-order valence-corrected chi connectivity index (χ4v) is 3.79. The Labute approximate surface area is 149 Å². The lowest BCUT2D eigenvalue weighted by Crippen LogP contribution is -2.20. The maximum atomic E-state index is 12.5. The van der Waals surface area contributed by atoms with Gasteiger partial charge in [-0.25, -0.2) is 0 Å². The molecule has 132 valence electrons. The lowest BCUT2D eigenvalue weighted by molar-refractivity contribution is -0.386. The second kappa shape index (κ2) is 5.94. The van der Waals surface area contributed by atoms with Crippen molar-refractivity contribution < 1.29 is 9.72 Å². The van der Waals surface area contributed by atoms with Gasteiger partial charge in [0, 0.05) is 11.1 Å². The first kappa shape index (κ1) is 16.3. The van der Waals surface area contributed by atoms with Crippen molar-refractivity contribution in [3.05, 3.63) is 63.0 Å². The van der Waals surface area contributed by atoms with Crippen molar-refractivity contribution >= 4 is 28.1 Å². The van der Waals surface area contributed by atoms with E-state index in [1.807, 2.05) is 18.2 Å². The molecule has 1 amide bonds. The summed E-state index contributed by atoms with van der Waals surface area (Å²) < 4.78 is 1.38. The number of nitrogens with zero attached hydrogens (tertiary/aromatic N) is 3. The van der Waals surface area contributed by atoms with Gasteiger partial charge in [0.05, 0.1) is 4.92 Å². The van der Waals surface area contributed by atoms with E-state index in [0.717, 1.165) is 23.9 Å². The summed E-state index contributed by atoms with van der Waals surface area (Å²) in [6.07, 6.45) is 2.05. The molecule has 0 bridgehead atoms. The van der Waals surface area contributed by atoms with Gasteiger partial charge in [0.15, 0.2) is 0 Å². The summed E-state index contributed by atoms with van der Waals surface area (Å²) in [6, 6.07) is 10.1. The van der Waals surface area contributed by atoms with Crippen LogP contribution >= 0.6 is 0 Å². The number of nitrogens with one attached hydrogen (secondary N) is 1. The number of hydrogen-bond donors (Lipinski definition) is 1. The summed E-state index contributed by atoms with van der Waals surface area (Å²) in [7, 11) is 0. The van der Waals surface area contributed by atoms with Crippen molar-refractivity contribution in [1.29, 1.82) is 0 Å². The van der Waals surface area contributed by atoms with Gasteiger partial charge in [0.25, 0.3) is 0 Å². The molecular formula is C19H18N4O3. The van der Waals surface area contributed by atoms with Gasteiger partial charge in [-0.3, -0.25) is 19.6 Å². The molecule has 0 spiro atoms. The number of rotatable bonds is 4. The molecule has 2 aromatic carbocycles. The third-order valence-corrected chi connectivity index (χ3v) is 4.97. The van der Waals surface area contributed by atoms with E-state index in [4.69, 9.17) is 0 Å². The summed E-state index contributed by atoms with van der Waals surface area (Å²) in [5, 5.41) is 20.4. The van der Waals surface area contributed by atoms with Gasteiger partial charge in [0.1, 0.15) is 17.9 Å². The topological polar surface area (TPSA) is 90.1 Å². The summed E-state index contributed by atoms with van der Waals surface area (Å²) in [6.45, 7) is 3.11. The van der Waals surface area contributed by atoms with Gasteiger partial charge < -0.3 is 5.32 Å². The number of carbonyl (C=O) groups excluding carboxylic acids is 1. The Bertz CT molecular complexity index is 1060. The molecule has 1 heterocycles. The summed E-state index contributed by atoms with van der Waals surface area (Å²) >= 11 is 0. The zero-order valence-electron chi connectivity index (χ0n) is 14.6. The van der Waals surface area contributed by atoms with Gasteiger partial charge >= 0.3 is 5.69 Å². The molecule has 7 nitrogen and oxygen atoms in total. The van der Waals surface area contributed by atoms with Crippen LogP contribution in [0.1, 0.15) is 22.5 Å². The van der Waals surface area contributed by atoms with Crippen molar-refractivity contribution in [2.75, 3.05) is 5.32 Å². The van der Waals surface area contributed by atoms with Crippen LogP contribution in [0.4, 0.5) is 11.4 Å². The largest absolute Gasteiger partial charge is 0.324 e. The molecule has 0 saturated heterocycles. The average Bonchev–Trinajstić information content (AvgIpc) is 3.12. The van der Waals surface area contributed by atoms with Crippen LogP contribution in [0, 0.1) is 24.0 Å². The van der Waals surface area contributed by atoms with Crippen molar-refractivity contribution in [2.24, 2.45) is 0 Å². The maximum Gasteiger partial charge on any atom is 0.312 e. The van der Waals surface area contributed by atoms with Gasteiger partial charge in [-0.15, -0.1) is 0 Å². The number of benzene rings is 2. The Kier molecular flexibility index (Phi) is 3.72. The molecule has 0 radical (unpaired) electrons. The number of amides is 1. The predicted octanol–water partition coefficient (Wildman–Crippen LogP) is 3.30. The highest BCUT2D eigenvalue weighted by Gasteiger charge is 2.23. The van der Waals surface area contributed by atoms with E-state index in [2.05, 4.69) is 22.5 Å². The normalized spacial score (nSPS) is 12.5. The number of nitro groups is 1. The zero-order chi connectivity index (χ0) is 18.4. The van der Waals surface area contributed by atoms with Crippen LogP contribution in [0.5, 0.6) is 0 Å². The molecule has 0 unspecified atom stereocenters. The number of carbonyl (C=O) groups is 1. The molecule has 4 rings (SSSR count). The molecule has 0 atom stereocenters. The zero-order valence-corrected chi connectivity index (χ0v) is 14.6. The molecule has 26 heavy (non-hydrogen) atoms. The minimum Gasteiger partial charge on any atom is -0.324 e. The van der Waals surface area contributed by atoms with E-state index in [-0.39, 0.29) is 18.1 Å². The third-order valence-electron chi connectivity index (χ3n) is 4.97. The van der Waals surface area contributed by atoms with E-state index < -0.39 is 4.92 Å². The Morgan fingerprint density at radius 3 is 2.65 bits per heavy atom. The number of aromatic nitrogens is 2. The fraction of sp³-hybridized carbons (Fsp3) is 0.263. The smallest absolute Gasteiger partial charge is 0.312 e. The van der Waals surface area contributed by atoms with Crippen LogP contribution in [-0.2, 0) is 24.2 Å². The third kappa shape index (κ3) is 2.52. The lowest BCUT2D eigenvalue weighted by Gasteiger charge is -2.11. The SMILES string of the molecule is Cc1nn(CC(=O)Nc2ccc3c4c(cccc24)CC3)c(C)c1[N+](=O)[O-]. The van der Waals surface area contributed by atoms with Crippen LogP contribution in [-0.4, -0.2) is 20.6 Å². The minimum atomic E-state index is -0.463. The van der Waals surface area contributed by atoms with E-state index >= 15 is 0 Å². The molecule has 1 aliphatic carbocycles. The monoisotopic (exact) mass is 350 g/mol. The van der Waals surface area contributed by atoms with Gasteiger partial charge in [-0.05, 0) is 49.3 Å². The number of hydrogen-bond acceptors (Lipinski definition) is 4. The highest BCUT2D eigenvalue weighted by atomic mass is 16.6. The molecule has 0 saturated carbocycles. The molecule has 0 fully saturated rings. The molecule has 1 aromatic heterocycles. The molecular weight excluding hydrogens is 332 g/mol. The second-order valence-corrected chi connectivity index (χ2v) is 6.59. The van der Waals surface area contributed by atoms with Crippen LogP contribution in [0.3, 0.4) is 0 Å². The lowest BCUT2D eigenvalue weighted by atomic mass is 10.0. The van der Waals surface area contributed by atoms with Crippen LogP contribution < -0.4 is 5.32 Å². The summed E-state index contributed by atoms with van der Waals surface area (Å²) in [4.78, 5) is 23.1. The predicted molar refractivity (Wildman–Crippen MR) is 98.3 cm³/mol. The van der Waals surface area contributed by atoms with Gasteiger partial charge in [-0.2, -0.15) is 5.10 Å². The number of anilines is 1. The molecule has 1 aliphatic rings. The van der Waals surface area contributed by atoms with Crippen molar-refractivity contribution in [2.45, 2.75) is 33.2 Å². The minimum absolute atomic E-state index is 0.0388. The van der Waals surface area contributed by atoms with Crippen molar-refractivity contribution in [3.8, 4) is 0 Å². The van der Waals surface area contributed by atoms with Crippen LogP contribution in [0.25, 0.3) is 10.8 Å². The van der Waals surface area contributed by atoms with Gasteiger partial charge in [-0.1, -0.05) is 24.3 Å². The van der Waals surface area contributed by atoms with E-state index in [1.165, 1.54) is 21.2 Å². The standard InChI is InChI=1S/C19H18N4O3/c1-11-19(23(25)26)12(2)22(21-11)10-17(24)20-16-9-8-14-7-6-13-4-3-5-15(16)18(13)14/h3-5,8-9H,6-7,10H2,1-2H3,(H,20,24). The fourth-order valence-electron chi connectivity index (χ4n) is 3.79. The molecule has 3 aromatic rings. The van der Waals surface area contributed by atoms with E-state index in [1.54, 1.807) is 13.8 Å². The number of aryl methyl sites for hydroxylation is 3. The van der Waals surface area contributed by atoms with E-state index in [0.29, 0.717) is 11.4 Å². The highest BCUT2D eigenvalue weighted by molar-refractivity contribution is 6.05. The molecule has 7 heteroatoms. The van der Waals surface area contributed by atoms with Crippen molar-refractivity contribution in [3.63, 3.8) is 0 Å². The Morgan fingerprint density at radius 1 is 1.23 bits per heavy atom. The average molecular weight is 350 g/mol. The maximum absolute atomic E-state index is 12.5. The molecule has 0 aliphatic heterocycles. The van der Waals surface area contributed by atoms with Crippen LogP contribution in [0.2, 0.25) is 0 Å². The van der Waals surface area contributed by atoms with Crippen LogP contribution in [0.15, 0.2) is 30.3 Å². The summed E-state index contributed by atoms with van der Waals surface area (Å²) in [5.41, 5.74) is 4.02. The Morgan fingerprint density at radius 2 is 1.96 bits per heavy atom. The van der Waals surface area contributed by atoms with Crippen molar-refractivity contribution in [1.82, 2.24) is 9.78 Å². The first-order valence-electron chi connectivity index (χ1n) is 8.47. The van der Waals surface area contributed by atoms with Gasteiger partial charge in [0.2, 0.25) is 5.91 Å². The van der Waals surface area contributed by atoms with E-state index in [9.17, 15) is 14.9 Å². The first-order chi connectivity index (χ1) is 12.5.